The minimum absolute atomic E-state index is 0.0525. The van der Waals surface area contributed by atoms with Crippen LogP contribution in [-0.2, 0) is 23.7 Å². The lowest BCUT2D eigenvalue weighted by atomic mass is 10.1. The molecule has 0 amide bonds. The number of ether oxygens (including phenoxy) is 1. The Hall–Kier alpha value is -1.32. The molecule has 0 aliphatic rings. The van der Waals surface area contributed by atoms with Crippen LogP contribution in [0.25, 0.3) is 0 Å². The maximum atomic E-state index is 12.7. The molecule has 0 saturated heterocycles. The molecule has 2 unspecified atom stereocenters. The van der Waals surface area contributed by atoms with Crippen LogP contribution in [0, 0.1) is 0 Å². The summed E-state index contributed by atoms with van der Waals surface area (Å²) in [4.78, 5) is 0. The summed E-state index contributed by atoms with van der Waals surface area (Å²) >= 11 is 0. The summed E-state index contributed by atoms with van der Waals surface area (Å²) in [5.74, 6) is 0. The Morgan fingerprint density at radius 3 is 1.92 bits per heavy atom. The van der Waals surface area contributed by atoms with E-state index in [0.29, 0.717) is 18.6 Å². The molecule has 2 N–H and O–H groups in total. The van der Waals surface area contributed by atoms with Gasteiger partial charge in [0.25, 0.3) is 0 Å². The lowest BCUT2D eigenvalue weighted by Gasteiger charge is -2.21. The molecule has 0 spiro atoms. The number of rotatable bonds is 7. The zero-order valence-corrected chi connectivity index (χ0v) is 13.1. The predicted octanol–water partition coefficient (Wildman–Crippen LogP) is 3.60. The zero-order valence-electron chi connectivity index (χ0n) is 13.1. The summed E-state index contributed by atoms with van der Waals surface area (Å²) < 4.78 is 81.6. The summed E-state index contributed by atoms with van der Waals surface area (Å²) in [5, 5.41) is 12.5. The molecular weight excluding hydrogens is 340 g/mol. The smallest absolute Gasteiger partial charge is 0.391 e. The van der Waals surface area contributed by atoms with Gasteiger partial charge in [0.05, 0.1) is 36.5 Å². The molecule has 0 aliphatic carbocycles. The van der Waals surface area contributed by atoms with Gasteiger partial charge in [-0.05, 0) is 37.2 Å². The third-order valence-corrected chi connectivity index (χ3v) is 3.47. The molecule has 0 radical (unpaired) electrons. The van der Waals surface area contributed by atoms with E-state index < -0.39 is 42.2 Å². The molecule has 2 atom stereocenters. The van der Waals surface area contributed by atoms with Gasteiger partial charge < -0.3 is 15.2 Å². The van der Waals surface area contributed by atoms with Gasteiger partial charge in [-0.1, -0.05) is 6.92 Å². The first-order chi connectivity index (χ1) is 11.0. The number of nitrogens with one attached hydrogen (secondary N) is 1. The molecule has 3 nitrogen and oxygen atoms in total. The van der Waals surface area contributed by atoms with Gasteiger partial charge in [0.2, 0.25) is 0 Å². The number of aliphatic hydroxyl groups is 1. The van der Waals surface area contributed by atoms with Gasteiger partial charge in [-0.2, -0.15) is 26.3 Å². The van der Waals surface area contributed by atoms with Crippen molar-refractivity contribution in [2.75, 3.05) is 13.7 Å². The van der Waals surface area contributed by atoms with E-state index in [2.05, 4.69) is 5.32 Å². The van der Waals surface area contributed by atoms with Crippen molar-refractivity contribution in [3.8, 4) is 0 Å². The van der Waals surface area contributed by atoms with Crippen molar-refractivity contribution in [1.29, 1.82) is 0 Å². The monoisotopic (exact) mass is 359 g/mol. The van der Waals surface area contributed by atoms with Crippen LogP contribution in [-0.4, -0.2) is 30.9 Å². The Morgan fingerprint density at radius 1 is 1.04 bits per heavy atom. The molecule has 0 aromatic heterocycles. The lowest BCUT2D eigenvalue weighted by Crippen LogP contribution is -2.41. The van der Waals surface area contributed by atoms with Gasteiger partial charge in [-0.3, -0.25) is 0 Å². The second-order valence-electron chi connectivity index (χ2n) is 5.30. The van der Waals surface area contributed by atoms with Gasteiger partial charge in [-0.15, -0.1) is 0 Å². The van der Waals surface area contributed by atoms with Gasteiger partial charge in [0, 0.05) is 0 Å². The minimum atomic E-state index is -4.89. The fourth-order valence-corrected chi connectivity index (χ4v) is 2.08. The van der Waals surface area contributed by atoms with E-state index >= 15 is 0 Å². The summed E-state index contributed by atoms with van der Waals surface area (Å²) in [7, 11) is 1.57. The summed E-state index contributed by atoms with van der Waals surface area (Å²) in [6.07, 6.45) is -10.1. The third kappa shape index (κ3) is 5.95. The van der Waals surface area contributed by atoms with E-state index in [4.69, 9.17) is 4.74 Å². The van der Waals surface area contributed by atoms with E-state index in [9.17, 15) is 31.4 Å². The molecule has 0 saturated carbocycles. The maximum absolute atomic E-state index is 12.7. The molecular formula is C15H19F6NO2. The fourth-order valence-electron chi connectivity index (χ4n) is 2.08. The number of hydrogen-bond acceptors (Lipinski definition) is 3. The Labute approximate surface area is 135 Å². The summed E-state index contributed by atoms with van der Waals surface area (Å²) in [6.45, 7) is 1.25. The first kappa shape index (κ1) is 20.7. The van der Waals surface area contributed by atoms with Crippen LogP contribution in [0.2, 0.25) is 0 Å². The molecule has 9 heteroatoms. The van der Waals surface area contributed by atoms with E-state index in [-0.39, 0.29) is 18.2 Å². The largest absolute Gasteiger partial charge is 0.416 e. The van der Waals surface area contributed by atoms with Crippen LogP contribution in [0.1, 0.15) is 30.0 Å². The Bertz CT molecular complexity index is 497. The standard InChI is InChI=1S/C15H19F6NO2/c1-3-13(23)12(22-2)8-24-7-9-4-10(14(16,17)18)6-11(5-9)15(19,20)21/h4-6,12-13,22-23H,3,7-8H2,1-2H3. The van der Waals surface area contributed by atoms with Gasteiger partial charge in [0.15, 0.2) is 0 Å². The molecule has 0 bridgehead atoms. The SMILES string of the molecule is CCC(O)C(COCc1cc(C(F)(F)F)cc(C(F)(F)F)c1)NC. The minimum Gasteiger partial charge on any atom is -0.391 e. The van der Waals surface area contributed by atoms with Gasteiger partial charge in [0.1, 0.15) is 0 Å². The van der Waals surface area contributed by atoms with E-state index in [1.165, 1.54) is 0 Å². The molecule has 1 aromatic carbocycles. The first-order valence-corrected chi connectivity index (χ1v) is 7.20. The van der Waals surface area contributed by atoms with Crippen molar-refractivity contribution in [3.63, 3.8) is 0 Å². The van der Waals surface area contributed by atoms with Crippen LogP contribution in [0.5, 0.6) is 0 Å². The second kappa shape index (κ2) is 8.17. The molecule has 1 rings (SSSR count). The lowest BCUT2D eigenvalue weighted by molar-refractivity contribution is -0.143. The van der Waals surface area contributed by atoms with Crippen molar-refractivity contribution in [2.24, 2.45) is 0 Å². The Balaban J connectivity index is 2.91. The highest BCUT2D eigenvalue weighted by Gasteiger charge is 2.36. The van der Waals surface area contributed by atoms with Crippen molar-refractivity contribution in [2.45, 2.75) is 44.4 Å². The summed E-state index contributed by atoms with van der Waals surface area (Å²) in [5.41, 5.74) is -3.00. The molecule has 0 fully saturated rings. The van der Waals surface area contributed by atoms with Gasteiger partial charge >= 0.3 is 12.4 Å². The van der Waals surface area contributed by atoms with Gasteiger partial charge in [-0.25, -0.2) is 0 Å². The summed E-state index contributed by atoms with van der Waals surface area (Å²) in [6, 6.07) is 0.850. The number of likely N-dealkylation sites (N-methyl/N-ethyl adjacent to an activating group) is 1. The van der Waals surface area contributed by atoms with Crippen LogP contribution in [0.4, 0.5) is 26.3 Å². The van der Waals surface area contributed by atoms with Crippen LogP contribution >= 0.6 is 0 Å². The number of benzene rings is 1. The number of halogens is 6. The normalized spacial score (nSPS) is 15.4. The molecule has 1 aromatic rings. The van der Waals surface area contributed by atoms with Crippen molar-refractivity contribution in [1.82, 2.24) is 5.32 Å². The Morgan fingerprint density at radius 2 is 1.54 bits per heavy atom. The van der Waals surface area contributed by atoms with E-state index in [1.807, 2.05) is 0 Å². The van der Waals surface area contributed by atoms with Crippen molar-refractivity contribution in [3.05, 3.63) is 34.9 Å². The predicted molar refractivity (Wildman–Crippen MR) is 75.2 cm³/mol. The highest BCUT2D eigenvalue weighted by Crippen LogP contribution is 2.36. The quantitative estimate of drug-likeness (QED) is 0.731. The topological polar surface area (TPSA) is 41.5 Å². The van der Waals surface area contributed by atoms with Crippen molar-refractivity contribution < 1.29 is 36.2 Å². The highest BCUT2D eigenvalue weighted by molar-refractivity contribution is 5.33. The number of aliphatic hydroxyl groups excluding tert-OH is 1. The van der Waals surface area contributed by atoms with E-state index in [0.717, 1.165) is 0 Å². The fraction of sp³-hybridized carbons (Fsp3) is 0.600. The number of alkyl halides is 6. The third-order valence-electron chi connectivity index (χ3n) is 3.47. The second-order valence-corrected chi connectivity index (χ2v) is 5.30. The van der Waals surface area contributed by atoms with Crippen LogP contribution in [0.15, 0.2) is 18.2 Å². The average molecular weight is 359 g/mol. The molecule has 24 heavy (non-hydrogen) atoms. The molecule has 0 aliphatic heterocycles. The van der Waals surface area contributed by atoms with Crippen molar-refractivity contribution >= 4 is 0 Å². The average Bonchev–Trinajstić information content (AvgIpc) is 2.49. The van der Waals surface area contributed by atoms with Crippen LogP contribution in [0.3, 0.4) is 0 Å². The Kier molecular flexibility index (Phi) is 7.06. The zero-order chi connectivity index (χ0) is 18.5. The molecule has 138 valence electrons. The highest BCUT2D eigenvalue weighted by atomic mass is 19.4. The molecule has 0 heterocycles. The number of hydrogen-bond donors (Lipinski definition) is 2. The van der Waals surface area contributed by atoms with E-state index in [1.54, 1.807) is 14.0 Å². The maximum Gasteiger partial charge on any atom is 0.416 e. The van der Waals surface area contributed by atoms with Crippen LogP contribution < -0.4 is 5.32 Å². The first-order valence-electron chi connectivity index (χ1n) is 7.20.